The van der Waals surface area contributed by atoms with Crippen molar-refractivity contribution in [3.63, 3.8) is 0 Å². The van der Waals surface area contributed by atoms with Crippen molar-refractivity contribution in [2.75, 3.05) is 19.8 Å². The normalized spacial score (nSPS) is 27.8. The number of nitrogens with one attached hydrogen (secondary N) is 2. The van der Waals surface area contributed by atoms with E-state index in [0.29, 0.717) is 44.2 Å². The number of rotatable bonds is 5. The fourth-order valence-electron chi connectivity index (χ4n) is 3.97. The minimum Gasteiger partial charge on any atom is -0.379 e. The highest BCUT2D eigenvalue weighted by Crippen LogP contribution is 2.28. The van der Waals surface area contributed by atoms with Crippen molar-refractivity contribution in [3.05, 3.63) is 34.9 Å². The van der Waals surface area contributed by atoms with Gasteiger partial charge in [-0.2, -0.15) is 0 Å². The summed E-state index contributed by atoms with van der Waals surface area (Å²) in [7, 11) is 0. The number of nitrogens with two attached hydrogens (primary N) is 1. The second-order valence-electron chi connectivity index (χ2n) is 7.48. The Balaban J connectivity index is 1.38. The average molecular weight is 372 g/mol. The van der Waals surface area contributed by atoms with Crippen LogP contribution in [0.15, 0.2) is 18.2 Å². The first-order valence-electron chi connectivity index (χ1n) is 9.33. The molecule has 1 aromatic rings. The predicted molar refractivity (Wildman–Crippen MR) is 96.5 cm³/mol. The summed E-state index contributed by atoms with van der Waals surface area (Å²) in [5, 5.41) is 5.72. The SMILES string of the molecule is N[C@@H]1COC[C@H]1CNCc1ccc2c(c1)CN(C1CCC(=O)NC1=O)C2=O. The number of carbonyl (C=O) groups excluding carboxylic acids is 3. The standard InChI is InChI=1S/C19H24N4O4/c20-15-10-27-9-13(15)7-21-6-11-1-2-14-12(5-11)8-23(19(14)26)16-3-4-17(24)22-18(16)25/h1-2,5,13,15-16,21H,3-4,6-10,20H2,(H,22,24,25)/t13-,15-,16?/m1/s1. The van der Waals surface area contributed by atoms with E-state index in [9.17, 15) is 14.4 Å². The highest BCUT2D eigenvalue weighted by atomic mass is 16.5. The first-order valence-corrected chi connectivity index (χ1v) is 9.33. The molecule has 3 amide bonds. The number of benzene rings is 1. The number of amides is 3. The lowest BCUT2D eigenvalue weighted by Crippen LogP contribution is -2.52. The van der Waals surface area contributed by atoms with Gasteiger partial charge in [0.25, 0.3) is 5.91 Å². The Kier molecular flexibility index (Phi) is 4.94. The van der Waals surface area contributed by atoms with E-state index in [1.165, 1.54) is 0 Å². The third-order valence-corrected chi connectivity index (χ3v) is 5.57. The fraction of sp³-hybridized carbons (Fsp3) is 0.526. The quantitative estimate of drug-likeness (QED) is 0.601. The Hall–Kier alpha value is -2.29. The van der Waals surface area contributed by atoms with Crippen LogP contribution in [0.3, 0.4) is 0 Å². The number of ether oxygens (including phenoxy) is 1. The molecule has 8 nitrogen and oxygen atoms in total. The van der Waals surface area contributed by atoms with Gasteiger partial charge >= 0.3 is 0 Å². The molecule has 3 atom stereocenters. The topological polar surface area (TPSA) is 114 Å². The molecule has 0 aliphatic carbocycles. The van der Waals surface area contributed by atoms with Crippen LogP contribution >= 0.6 is 0 Å². The van der Waals surface area contributed by atoms with Crippen molar-refractivity contribution < 1.29 is 19.1 Å². The van der Waals surface area contributed by atoms with Crippen molar-refractivity contribution >= 4 is 17.7 Å². The summed E-state index contributed by atoms with van der Waals surface area (Å²) in [5.74, 6) is -0.484. The van der Waals surface area contributed by atoms with Crippen LogP contribution in [-0.4, -0.2) is 54.5 Å². The number of hydrogen-bond donors (Lipinski definition) is 3. The van der Waals surface area contributed by atoms with E-state index >= 15 is 0 Å². The molecule has 1 unspecified atom stereocenters. The molecule has 3 aliphatic heterocycles. The number of fused-ring (bicyclic) bond motifs is 1. The zero-order valence-electron chi connectivity index (χ0n) is 15.1. The Morgan fingerprint density at radius 3 is 2.85 bits per heavy atom. The van der Waals surface area contributed by atoms with E-state index in [1.807, 2.05) is 18.2 Å². The molecule has 0 aromatic heterocycles. The first-order chi connectivity index (χ1) is 13.0. The molecule has 4 N–H and O–H groups in total. The van der Waals surface area contributed by atoms with Gasteiger partial charge in [0.1, 0.15) is 6.04 Å². The molecule has 4 rings (SSSR count). The number of piperidine rings is 1. The summed E-state index contributed by atoms with van der Waals surface area (Å²) in [4.78, 5) is 37.7. The summed E-state index contributed by atoms with van der Waals surface area (Å²) in [6, 6.07) is 5.27. The Labute approximate surface area is 157 Å². The van der Waals surface area contributed by atoms with Gasteiger partial charge in [-0.3, -0.25) is 19.7 Å². The van der Waals surface area contributed by atoms with Gasteiger partial charge in [0.05, 0.1) is 13.2 Å². The molecule has 3 aliphatic rings. The van der Waals surface area contributed by atoms with E-state index in [0.717, 1.165) is 17.7 Å². The van der Waals surface area contributed by atoms with Crippen LogP contribution in [0, 0.1) is 5.92 Å². The zero-order valence-corrected chi connectivity index (χ0v) is 15.1. The molecule has 8 heteroatoms. The van der Waals surface area contributed by atoms with Gasteiger partial charge in [-0.1, -0.05) is 12.1 Å². The Morgan fingerprint density at radius 1 is 1.26 bits per heavy atom. The van der Waals surface area contributed by atoms with Crippen LogP contribution < -0.4 is 16.4 Å². The molecule has 0 radical (unpaired) electrons. The van der Waals surface area contributed by atoms with Crippen LogP contribution in [0.1, 0.15) is 34.3 Å². The zero-order chi connectivity index (χ0) is 19.0. The number of carbonyl (C=O) groups is 3. The predicted octanol–water partition coefficient (Wildman–Crippen LogP) is -0.489. The molecular formula is C19H24N4O4. The van der Waals surface area contributed by atoms with E-state index in [2.05, 4.69) is 10.6 Å². The van der Waals surface area contributed by atoms with Gasteiger partial charge in [-0.25, -0.2) is 0 Å². The molecule has 2 fully saturated rings. The summed E-state index contributed by atoms with van der Waals surface area (Å²) in [6.07, 6.45) is 0.640. The molecule has 3 heterocycles. The van der Waals surface area contributed by atoms with Crippen molar-refractivity contribution in [2.45, 2.75) is 38.0 Å². The molecule has 144 valence electrons. The maximum Gasteiger partial charge on any atom is 0.255 e. The van der Waals surface area contributed by atoms with Crippen molar-refractivity contribution in [1.29, 1.82) is 0 Å². The monoisotopic (exact) mass is 372 g/mol. The molecule has 0 bridgehead atoms. The van der Waals surface area contributed by atoms with Gasteiger partial charge < -0.3 is 20.7 Å². The van der Waals surface area contributed by atoms with Crippen LogP contribution in [0.4, 0.5) is 0 Å². The number of imide groups is 1. The van der Waals surface area contributed by atoms with Crippen LogP contribution in [0.2, 0.25) is 0 Å². The Morgan fingerprint density at radius 2 is 2.11 bits per heavy atom. The summed E-state index contributed by atoms with van der Waals surface area (Å²) in [5.41, 5.74) is 8.63. The highest BCUT2D eigenvalue weighted by molar-refractivity contribution is 6.05. The molecule has 1 aromatic carbocycles. The number of nitrogens with zero attached hydrogens (tertiary/aromatic N) is 1. The molecule has 0 spiro atoms. The average Bonchev–Trinajstić information content (AvgIpc) is 3.19. The van der Waals surface area contributed by atoms with Crippen molar-refractivity contribution in [2.24, 2.45) is 11.7 Å². The summed E-state index contributed by atoms with van der Waals surface area (Å²) >= 11 is 0. The Bertz CT molecular complexity index is 781. The fourth-order valence-corrected chi connectivity index (χ4v) is 3.97. The smallest absolute Gasteiger partial charge is 0.255 e. The van der Waals surface area contributed by atoms with E-state index in [4.69, 9.17) is 10.5 Å². The molecule has 2 saturated heterocycles. The van der Waals surface area contributed by atoms with Crippen molar-refractivity contribution in [3.8, 4) is 0 Å². The molecule has 0 saturated carbocycles. The maximum absolute atomic E-state index is 12.7. The molecule has 27 heavy (non-hydrogen) atoms. The first kappa shape index (κ1) is 18.1. The van der Waals surface area contributed by atoms with Crippen LogP contribution in [0.25, 0.3) is 0 Å². The van der Waals surface area contributed by atoms with Crippen molar-refractivity contribution in [1.82, 2.24) is 15.5 Å². The largest absolute Gasteiger partial charge is 0.379 e. The van der Waals surface area contributed by atoms with Gasteiger partial charge in [-0.05, 0) is 23.6 Å². The third-order valence-electron chi connectivity index (χ3n) is 5.57. The lowest BCUT2D eigenvalue weighted by atomic mass is 10.0. The van der Waals surface area contributed by atoms with E-state index in [1.54, 1.807) is 4.90 Å². The lowest BCUT2D eigenvalue weighted by molar-refractivity contribution is -0.136. The van der Waals surface area contributed by atoms with Gasteiger partial charge in [0.2, 0.25) is 11.8 Å². The van der Waals surface area contributed by atoms with Gasteiger partial charge in [-0.15, -0.1) is 0 Å². The lowest BCUT2D eigenvalue weighted by Gasteiger charge is -2.29. The minimum absolute atomic E-state index is 0.0808. The summed E-state index contributed by atoms with van der Waals surface area (Å²) in [6.45, 7) is 3.18. The molecular weight excluding hydrogens is 348 g/mol. The third kappa shape index (κ3) is 3.60. The van der Waals surface area contributed by atoms with Gasteiger partial charge in [0, 0.05) is 43.6 Å². The highest BCUT2D eigenvalue weighted by Gasteiger charge is 2.39. The second kappa shape index (κ2) is 7.38. The number of hydrogen-bond acceptors (Lipinski definition) is 6. The van der Waals surface area contributed by atoms with E-state index in [-0.39, 0.29) is 30.2 Å². The van der Waals surface area contributed by atoms with Gasteiger partial charge in [0.15, 0.2) is 0 Å². The van der Waals surface area contributed by atoms with Crippen LogP contribution in [0.5, 0.6) is 0 Å². The maximum atomic E-state index is 12.7. The summed E-state index contributed by atoms with van der Waals surface area (Å²) < 4.78 is 5.37. The van der Waals surface area contributed by atoms with E-state index < -0.39 is 6.04 Å². The second-order valence-corrected chi connectivity index (χ2v) is 7.48. The van der Waals surface area contributed by atoms with Crippen LogP contribution in [-0.2, 0) is 27.4 Å². The minimum atomic E-state index is -0.576.